The van der Waals surface area contributed by atoms with E-state index in [1.807, 2.05) is 19.9 Å². The van der Waals surface area contributed by atoms with Crippen molar-refractivity contribution in [3.05, 3.63) is 28.7 Å². The van der Waals surface area contributed by atoms with E-state index in [2.05, 4.69) is 18.8 Å². The molecule has 6 nitrogen and oxygen atoms in total. The van der Waals surface area contributed by atoms with Gasteiger partial charge in [-0.15, -0.1) is 0 Å². The van der Waals surface area contributed by atoms with E-state index in [0.717, 1.165) is 35.5 Å². The number of nitrogens with zero attached hydrogens (tertiary/aromatic N) is 1. The first-order valence-corrected chi connectivity index (χ1v) is 8.86. The maximum atomic E-state index is 12.1. The zero-order chi connectivity index (χ0) is 18.0. The Hall–Kier alpha value is -1.92. The summed E-state index contributed by atoms with van der Waals surface area (Å²) in [5.74, 6) is -0.289. The monoisotopic (exact) mass is 346 g/mol. The van der Waals surface area contributed by atoms with Gasteiger partial charge in [0.2, 0.25) is 0 Å². The molecule has 6 heteroatoms. The molecular weight excluding hydrogens is 320 g/mol. The van der Waals surface area contributed by atoms with E-state index >= 15 is 0 Å². The molecule has 2 aliphatic rings. The van der Waals surface area contributed by atoms with Crippen LogP contribution in [-0.4, -0.2) is 42.8 Å². The highest BCUT2D eigenvalue weighted by atomic mass is 16.7. The van der Waals surface area contributed by atoms with Crippen LogP contribution in [0.5, 0.6) is 0 Å². The predicted octanol–water partition coefficient (Wildman–Crippen LogP) is 3.34. The Morgan fingerprint density at radius 1 is 1.40 bits per heavy atom. The number of aromatic amines is 1. The van der Waals surface area contributed by atoms with Gasteiger partial charge in [0.1, 0.15) is 0 Å². The number of allylic oxidation sites excluding steroid dienone is 1. The third-order valence-electron chi connectivity index (χ3n) is 4.63. The van der Waals surface area contributed by atoms with Crippen molar-refractivity contribution in [2.24, 2.45) is 10.4 Å². The molecule has 0 aromatic carbocycles. The number of carbonyl (C=O) groups is 1. The van der Waals surface area contributed by atoms with E-state index in [-0.39, 0.29) is 17.7 Å². The van der Waals surface area contributed by atoms with Crippen molar-refractivity contribution in [3.63, 3.8) is 0 Å². The summed E-state index contributed by atoms with van der Waals surface area (Å²) in [6.07, 6.45) is 4.97. The molecule has 1 saturated heterocycles. The summed E-state index contributed by atoms with van der Waals surface area (Å²) in [6, 6.07) is 0. The van der Waals surface area contributed by atoms with Crippen LogP contribution in [0.4, 0.5) is 0 Å². The zero-order valence-corrected chi connectivity index (χ0v) is 15.3. The van der Waals surface area contributed by atoms with Gasteiger partial charge in [-0.25, -0.2) is 4.79 Å². The number of aliphatic imine (C=N–C) groups is 1. The molecule has 0 spiro atoms. The number of carbonyl (C=O) groups excluding carboxylic acids is 1. The molecule has 0 aliphatic carbocycles. The summed E-state index contributed by atoms with van der Waals surface area (Å²) < 4.78 is 16.3. The number of aromatic nitrogens is 1. The second-order valence-corrected chi connectivity index (χ2v) is 6.94. The van der Waals surface area contributed by atoms with Crippen molar-refractivity contribution in [3.8, 4) is 0 Å². The second kappa shape index (κ2) is 7.14. The first-order valence-electron chi connectivity index (χ1n) is 8.86. The average molecular weight is 346 g/mol. The predicted molar refractivity (Wildman–Crippen MR) is 95.6 cm³/mol. The van der Waals surface area contributed by atoms with Gasteiger partial charge in [0, 0.05) is 29.4 Å². The lowest BCUT2D eigenvalue weighted by Crippen LogP contribution is -2.22. The minimum Gasteiger partial charge on any atom is -0.462 e. The molecule has 3 rings (SSSR count). The highest BCUT2D eigenvalue weighted by Crippen LogP contribution is 2.40. The van der Waals surface area contributed by atoms with Crippen LogP contribution in [0.3, 0.4) is 0 Å². The Morgan fingerprint density at radius 3 is 2.76 bits per heavy atom. The molecule has 1 N–H and O–H groups in total. The summed E-state index contributed by atoms with van der Waals surface area (Å²) >= 11 is 0. The molecular formula is C19H26N2O4. The Kier molecular flexibility index (Phi) is 5.11. The molecule has 1 aromatic rings. The Labute approximate surface area is 148 Å². The molecule has 0 saturated carbocycles. The first-order chi connectivity index (χ1) is 12.0. The summed E-state index contributed by atoms with van der Waals surface area (Å²) in [7, 11) is 0. The third-order valence-corrected chi connectivity index (χ3v) is 4.63. The SMILES string of the molecule is CCOC(=O)c1c[nH]c(/C=C2\N=C(C3OCCO3)CC2(C)C)c1CC. The van der Waals surface area contributed by atoms with Gasteiger partial charge in [-0.05, 0) is 25.0 Å². The molecule has 1 aromatic heterocycles. The van der Waals surface area contributed by atoms with E-state index in [1.165, 1.54) is 0 Å². The Balaban J connectivity index is 1.92. The summed E-state index contributed by atoms with van der Waals surface area (Å²) in [6.45, 7) is 9.75. The third kappa shape index (κ3) is 3.55. The van der Waals surface area contributed by atoms with Gasteiger partial charge in [0.05, 0.1) is 31.1 Å². The minimum absolute atomic E-state index is 0.106. The van der Waals surface area contributed by atoms with Gasteiger partial charge in [-0.3, -0.25) is 4.99 Å². The van der Waals surface area contributed by atoms with E-state index < -0.39 is 0 Å². The number of nitrogens with one attached hydrogen (secondary N) is 1. The quantitative estimate of drug-likeness (QED) is 0.830. The van der Waals surface area contributed by atoms with Crippen molar-refractivity contribution in [2.75, 3.05) is 19.8 Å². The van der Waals surface area contributed by atoms with E-state index in [4.69, 9.17) is 19.2 Å². The number of ether oxygens (including phenoxy) is 3. The van der Waals surface area contributed by atoms with Gasteiger partial charge in [-0.1, -0.05) is 20.8 Å². The molecule has 2 aliphatic heterocycles. The fraction of sp³-hybridized carbons (Fsp3) is 0.579. The van der Waals surface area contributed by atoms with Gasteiger partial charge >= 0.3 is 5.97 Å². The van der Waals surface area contributed by atoms with Crippen LogP contribution >= 0.6 is 0 Å². The van der Waals surface area contributed by atoms with Crippen LogP contribution in [0.15, 0.2) is 16.9 Å². The van der Waals surface area contributed by atoms with Gasteiger partial charge in [0.15, 0.2) is 6.29 Å². The maximum Gasteiger partial charge on any atom is 0.339 e. The van der Waals surface area contributed by atoms with Crippen LogP contribution in [0, 0.1) is 5.41 Å². The van der Waals surface area contributed by atoms with Crippen molar-refractivity contribution in [1.29, 1.82) is 0 Å². The number of H-pyrrole nitrogens is 1. The number of hydrogen-bond donors (Lipinski definition) is 1. The molecule has 1 fully saturated rings. The fourth-order valence-corrected chi connectivity index (χ4v) is 3.31. The van der Waals surface area contributed by atoms with Crippen molar-refractivity contribution in [2.45, 2.75) is 46.8 Å². The van der Waals surface area contributed by atoms with E-state index in [1.54, 1.807) is 6.20 Å². The van der Waals surface area contributed by atoms with Crippen LogP contribution in [0.2, 0.25) is 0 Å². The van der Waals surface area contributed by atoms with E-state index in [0.29, 0.717) is 25.4 Å². The summed E-state index contributed by atoms with van der Waals surface area (Å²) in [4.78, 5) is 20.1. The largest absolute Gasteiger partial charge is 0.462 e. The smallest absolute Gasteiger partial charge is 0.339 e. The molecule has 0 bridgehead atoms. The normalized spacial score (nSPS) is 21.8. The lowest BCUT2D eigenvalue weighted by molar-refractivity contribution is 0.0131. The maximum absolute atomic E-state index is 12.1. The van der Waals surface area contributed by atoms with E-state index in [9.17, 15) is 4.79 Å². The average Bonchev–Trinajstić information content (AvgIpc) is 3.27. The molecule has 3 heterocycles. The Bertz CT molecular complexity index is 709. The standard InChI is InChI=1S/C19H26N2O4/c1-5-12-13(17(22)23-6-2)11-20-14(12)9-16-19(3,4)10-15(21-16)18-24-7-8-25-18/h9,11,18,20H,5-8,10H2,1-4H3/b16-9-. The van der Waals surface area contributed by atoms with Crippen LogP contribution in [-0.2, 0) is 20.6 Å². The summed E-state index contributed by atoms with van der Waals surface area (Å²) in [5, 5.41) is 0. The molecule has 0 radical (unpaired) electrons. The number of esters is 1. The van der Waals surface area contributed by atoms with Crippen LogP contribution in [0.1, 0.15) is 55.7 Å². The molecule has 0 atom stereocenters. The molecule has 25 heavy (non-hydrogen) atoms. The van der Waals surface area contributed by atoms with Gasteiger partial charge in [-0.2, -0.15) is 0 Å². The zero-order valence-electron chi connectivity index (χ0n) is 15.3. The van der Waals surface area contributed by atoms with Crippen LogP contribution in [0.25, 0.3) is 6.08 Å². The Morgan fingerprint density at radius 2 is 2.12 bits per heavy atom. The highest BCUT2D eigenvalue weighted by molar-refractivity contribution is 5.94. The molecule has 0 unspecified atom stereocenters. The topological polar surface area (TPSA) is 72.9 Å². The van der Waals surface area contributed by atoms with Crippen molar-refractivity contribution in [1.82, 2.24) is 4.98 Å². The number of hydrogen-bond acceptors (Lipinski definition) is 5. The van der Waals surface area contributed by atoms with Crippen molar-refractivity contribution < 1.29 is 19.0 Å². The second-order valence-electron chi connectivity index (χ2n) is 6.94. The summed E-state index contributed by atoms with van der Waals surface area (Å²) in [5.41, 5.74) is 4.26. The van der Waals surface area contributed by atoms with Gasteiger partial charge in [0.25, 0.3) is 0 Å². The fourth-order valence-electron chi connectivity index (χ4n) is 3.31. The van der Waals surface area contributed by atoms with Crippen LogP contribution < -0.4 is 0 Å². The lowest BCUT2D eigenvalue weighted by atomic mass is 9.86. The minimum atomic E-state index is -0.324. The highest BCUT2D eigenvalue weighted by Gasteiger charge is 2.37. The molecule has 0 amide bonds. The first kappa shape index (κ1) is 17.9. The number of rotatable bonds is 5. The lowest BCUT2D eigenvalue weighted by Gasteiger charge is -2.19. The molecule has 136 valence electrons. The van der Waals surface area contributed by atoms with Crippen molar-refractivity contribution >= 4 is 17.8 Å². The van der Waals surface area contributed by atoms with Gasteiger partial charge < -0.3 is 19.2 Å².